The highest BCUT2D eigenvalue weighted by Gasteiger charge is 2.21. The van der Waals surface area contributed by atoms with Crippen LogP contribution in [0.5, 0.6) is 0 Å². The van der Waals surface area contributed by atoms with Crippen molar-refractivity contribution in [3.63, 3.8) is 0 Å². The maximum Gasteiger partial charge on any atom is 0.232 e. The lowest BCUT2D eigenvalue weighted by molar-refractivity contribution is -0.128. The SMILES string of the molecule is CCc1ccc(-c2nc(CSCC(=O)N3CCN(c4ccc(C)cc4)CC3)c(C)o2)cc1. The maximum absolute atomic E-state index is 12.7. The first-order valence-electron chi connectivity index (χ1n) is 11.3. The van der Waals surface area contributed by atoms with Crippen LogP contribution in [0.1, 0.15) is 29.5 Å². The molecule has 3 aromatic rings. The fourth-order valence-electron chi connectivity index (χ4n) is 3.86. The summed E-state index contributed by atoms with van der Waals surface area (Å²) in [7, 11) is 0. The number of aryl methyl sites for hydroxylation is 3. The van der Waals surface area contributed by atoms with Gasteiger partial charge in [0.1, 0.15) is 5.76 Å². The predicted octanol–water partition coefficient (Wildman–Crippen LogP) is 5.10. The molecule has 1 aliphatic rings. The number of carbonyl (C=O) groups is 1. The van der Waals surface area contributed by atoms with Crippen LogP contribution in [0.2, 0.25) is 0 Å². The second kappa shape index (κ2) is 10.3. The number of piperazine rings is 1. The second-order valence-electron chi connectivity index (χ2n) is 8.27. The molecule has 0 spiro atoms. The Morgan fingerprint density at radius 1 is 1.00 bits per heavy atom. The highest BCUT2D eigenvalue weighted by Crippen LogP contribution is 2.25. The molecule has 6 heteroatoms. The smallest absolute Gasteiger partial charge is 0.232 e. The zero-order valence-corrected chi connectivity index (χ0v) is 20.0. The molecule has 2 heterocycles. The zero-order chi connectivity index (χ0) is 22.5. The van der Waals surface area contributed by atoms with Crippen molar-refractivity contribution in [1.29, 1.82) is 0 Å². The van der Waals surface area contributed by atoms with Gasteiger partial charge in [-0.05, 0) is 50.1 Å². The van der Waals surface area contributed by atoms with E-state index in [1.54, 1.807) is 11.8 Å². The van der Waals surface area contributed by atoms with Gasteiger partial charge in [-0.15, -0.1) is 11.8 Å². The van der Waals surface area contributed by atoms with Crippen molar-refractivity contribution >= 4 is 23.4 Å². The van der Waals surface area contributed by atoms with Crippen LogP contribution < -0.4 is 4.90 Å². The number of amides is 1. The minimum Gasteiger partial charge on any atom is -0.441 e. The van der Waals surface area contributed by atoms with E-state index in [4.69, 9.17) is 4.42 Å². The van der Waals surface area contributed by atoms with E-state index in [1.165, 1.54) is 16.8 Å². The molecule has 0 N–H and O–H groups in total. The molecule has 1 aliphatic heterocycles. The van der Waals surface area contributed by atoms with E-state index in [-0.39, 0.29) is 5.91 Å². The van der Waals surface area contributed by atoms with Gasteiger partial charge in [-0.25, -0.2) is 4.98 Å². The fraction of sp³-hybridized carbons (Fsp3) is 0.385. The molecular formula is C26H31N3O2S. The maximum atomic E-state index is 12.7. The van der Waals surface area contributed by atoms with Gasteiger partial charge < -0.3 is 14.2 Å². The molecule has 0 unspecified atom stereocenters. The number of benzene rings is 2. The molecule has 168 valence electrons. The minimum atomic E-state index is 0.204. The Balaban J connectivity index is 1.25. The number of anilines is 1. The van der Waals surface area contributed by atoms with Crippen LogP contribution in [0.4, 0.5) is 5.69 Å². The van der Waals surface area contributed by atoms with E-state index in [9.17, 15) is 4.79 Å². The molecule has 0 atom stereocenters. The molecule has 1 aromatic heterocycles. The van der Waals surface area contributed by atoms with E-state index >= 15 is 0 Å². The standard InChI is InChI=1S/C26H31N3O2S/c1-4-21-7-9-22(10-8-21)26-27-24(20(3)31-26)17-32-18-25(30)29-15-13-28(14-16-29)23-11-5-19(2)6-12-23/h5-12H,4,13-18H2,1-3H3. The van der Waals surface area contributed by atoms with Crippen molar-refractivity contribution < 1.29 is 9.21 Å². The van der Waals surface area contributed by atoms with Crippen molar-refractivity contribution in [2.75, 3.05) is 36.8 Å². The molecule has 1 fully saturated rings. The summed E-state index contributed by atoms with van der Waals surface area (Å²) in [6.45, 7) is 9.49. The zero-order valence-electron chi connectivity index (χ0n) is 19.1. The molecule has 4 rings (SSSR count). The molecule has 0 radical (unpaired) electrons. The minimum absolute atomic E-state index is 0.204. The van der Waals surface area contributed by atoms with E-state index in [2.05, 4.69) is 72.3 Å². The number of hydrogen-bond donors (Lipinski definition) is 0. The Labute approximate surface area is 194 Å². The topological polar surface area (TPSA) is 49.6 Å². The summed E-state index contributed by atoms with van der Waals surface area (Å²) in [6, 6.07) is 16.9. The lowest BCUT2D eigenvalue weighted by Crippen LogP contribution is -2.49. The van der Waals surface area contributed by atoms with Gasteiger partial charge in [0.2, 0.25) is 11.8 Å². The number of nitrogens with zero attached hydrogens (tertiary/aromatic N) is 3. The van der Waals surface area contributed by atoms with Gasteiger partial charge >= 0.3 is 0 Å². The lowest BCUT2D eigenvalue weighted by Gasteiger charge is -2.36. The van der Waals surface area contributed by atoms with E-state index < -0.39 is 0 Å². The normalized spacial score (nSPS) is 14.1. The molecule has 2 aromatic carbocycles. The highest BCUT2D eigenvalue weighted by molar-refractivity contribution is 7.99. The summed E-state index contributed by atoms with van der Waals surface area (Å²) in [4.78, 5) is 21.7. The second-order valence-corrected chi connectivity index (χ2v) is 9.25. The Morgan fingerprint density at radius 3 is 2.34 bits per heavy atom. The average Bonchev–Trinajstić information content (AvgIpc) is 3.20. The first-order chi connectivity index (χ1) is 15.5. The van der Waals surface area contributed by atoms with Gasteiger partial charge in [0.05, 0.1) is 11.4 Å². The van der Waals surface area contributed by atoms with Crippen LogP contribution in [0, 0.1) is 13.8 Å². The molecule has 0 bridgehead atoms. The van der Waals surface area contributed by atoms with Gasteiger partial charge in [-0.3, -0.25) is 4.79 Å². The summed E-state index contributed by atoms with van der Waals surface area (Å²) in [5, 5.41) is 0. The van der Waals surface area contributed by atoms with Crippen molar-refractivity contribution in [2.45, 2.75) is 32.9 Å². The van der Waals surface area contributed by atoms with Crippen molar-refractivity contribution in [1.82, 2.24) is 9.88 Å². The lowest BCUT2D eigenvalue weighted by atomic mass is 10.1. The molecule has 0 saturated carbocycles. The van der Waals surface area contributed by atoms with Gasteiger partial charge in [0.15, 0.2) is 0 Å². The monoisotopic (exact) mass is 449 g/mol. The Bertz CT molecular complexity index is 1040. The van der Waals surface area contributed by atoms with Crippen molar-refractivity contribution in [2.24, 2.45) is 0 Å². The van der Waals surface area contributed by atoms with Gasteiger partial charge in [-0.1, -0.05) is 36.8 Å². The van der Waals surface area contributed by atoms with Crippen LogP contribution >= 0.6 is 11.8 Å². The molecule has 32 heavy (non-hydrogen) atoms. The van der Waals surface area contributed by atoms with Crippen LogP contribution in [0.3, 0.4) is 0 Å². The third-order valence-electron chi connectivity index (χ3n) is 6.00. The fourth-order valence-corrected chi connectivity index (χ4v) is 4.78. The quantitative estimate of drug-likeness (QED) is 0.502. The summed E-state index contributed by atoms with van der Waals surface area (Å²) >= 11 is 1.61. The van der Waals surface area contributed by atoms with E-state index in [0.29, 0.717) is 17.4 Å². The summed E-state index contributed by atoms with van der Waals surface area (Å²) < 4.78 is 5.88. The molecule has 1 saturated heterocycles. The Kier molecular flexibility index (Phi) is 7.20. The number of aromatic nitrogens is 1. The Morgan fingerprint density at radius 2 is 1.69 bits per heavy atom. The summed E-state index contributed by atoms with van der Waals surface area (Å²) in [5.41, 5.74) is 5.71. The first kappa shape index (κ1) is 22.5. The number of rotatable bonds is 7. The third-order valence-corrected chi connectivity index (χ3v) is 6.93. The largest absolute Gasteiger partial charge is 0.441 e. The number of oxazole rings is 1. The van der Waals surface area contributed by atoms with Crippen LogP contribution in [0.15, 0.2) is 52.9 Å². The summed E-state index contributed by atoms with van der Waals surface area (Å²) in [6.07, 6.45) is 1.02. The first-order valence-corrected chi connectivity index (χ1v) is 12.4. The summed E-state index contributed by atoms with van der Waals surface area (Å²) in [5.74, 6) is 2.83. The van der Waals surface area contributed by atoms with E-state index in [0.717, 1.165) is 49.6 Å². The van der Waals surface area contributed by atoms with Crippen LogP contribution in [0.25, 0.3) is 11.5 Å². The number of carbonyl (C=O) groups excluding carboxylic acids is 1. The average molecular weight is 450 g/mol. The van der Waals surface area contributed by atoms with Crippen molar-refractivity contribution in [3.05, 3.63) is 71.1 Å². The number of thioether (sulfide) groups is 1. The number of hydrogen-bond acceptors (Lipinski definition) is 5. The highest BCUT2D eigenvalue weighted by atomic mass is 32.2. The molecule has 0 aliphatic carbocycles. The van der Waals surface area contributed by atoms with E-state index in [1.807, 2.05) is 11.8 Å². The van der Waals surface area contributed by atoms with Gasteiger partial charge in [0, 0.05) is 43.2 Å². The van der Waals surface area contributed by atoms with Gasteiger partial charge in [-0.2, -0.15) is 0 Å². The van der Waals surface area contributed by atoms with Crippen molar-refractivity contribution in [3.8, 4) is 11.5 Å². The third kappa shape index (κ3) is 5.36. The molecule has 5 nitrogen and oxygen atoms in total. The molecule has 1 amide bonds. The Hall–Kier alpha value is -2.73. The van der Waals surface area contributed by atoms with Crippen LogP contribution in [-0.2, 0) is 17.0 Å². The van der Waals surface area contributed by atoms with Gasteiger partial charge in [0.25, 0.3) is 0 Å². The molecular weight excluding hydrogens is 418 g/mol. The predicted molar refractivity (Wildman–Crippen MR) is 132 cm³/mol. The van der Waals surface area contributed by atoms with Crippen LogP contribution in [-0.4, -0.2) is 47.7 Å².